The molecule has 0 unspecified atom stereocenters. The summed E-state index contributed by atoms with van der Waals surface area (Å²) in [6, 6.07) is 8.85. The Morgan fingerprint density at radius 1 is 1.32 bits per heavy atom. The molecule has 0 spiro atoms. The molecule has 0 saturated heterocycles. The molecule has 0 aliphatic heterocycles. The molecule has 2 aromatic rings. The van der Waals surface area contributed by atoms with E-state index in [0.717, 1.165) is 12.8 Å². The van der Waals surface area contributed by atoms with Crippen LogP contribution in [0.3, 0.4) is 0 Å². The first-order valence-electron chi connectivity index (χ1n) is 7.91. The van der Waals surface area contributed by atoms with Crippen molar-refractivity contribution in [2.45, 2.75) is 26.2 Å². The van der Waals surface area contributed by atoms with Crippen LogP contribution in [0.4, 0.5) is 11.4 Å². The summed E-state index contributed by atoms with van der Waals surface area (Å²) in [6.45, 7) is 2.03. The summed E-state index contributed by atoms with van der Waals surface area (Å²) in [5.41, 5.74) is 7.52. The normalized spacial score (nSPS) is 10.1. The topological polar surface area (TPSA) is 110 Å². The van der Waals surface area contributed by atoms with Crippen LogP contribution in [-0.2, 0) is 9.53 Å². The van der Waals surface area contributed by atoms with E-state index in [-0.39, 0.29) is 22.9 Å². The van der Waals surface area contributed by atoms with Crippen molar-refractivity contribution in [1.29, 1.82) is 5.26 Å². The largest absolute Gasteiger partial charge is 0.464 e. The zero-order valence-corrected chi connectivity index (χ0v) is 14.2. The van der Waals surface area contributed by atoms with Crippen LogP contribution < -0.4 is 11.1 Å². The molecule has 0 saturated carbocycles. The Hall–Kier alpha value is -3.27. The molecule has 0 atom stereocenters. The number of carbonyl (C=O) groups excluding carboxylic acids is 2. The molecular weight excluding hydrogens is 320 g/mol. The van der Waals surface area contributed by atoms with E-state index in [1.165, 1.54) is 17.9 Å². The monoisotopic (exact) mass is 340 g/mol. The highest BCUT2D eigenvalue weighted by Gasteiger charge is 2.21. The molecule has 1 amide bonds. The van der Waals surface area contributed by atoms with Crippen molar-refractivity contribution in [3.05, 3.63) is 41.7 Å². The molecular formula is C18H20N4O3. The lowest BCUT2D eigenvalue weighted by Crippen LogP contribution is -2.12. The molecule has 1 aromatic carbocycles. The number of nitrogens with two attached hydrogens (primary N) is 1. The van der Waals surface area contributed by atoms with Gasteiger partial charge in [0.25, 0.3) is 0 Å². The Bertz CT molecular complexity index is 816. The number of benzene rings is 1. The van der Waals surface area contributed by atoms with Gasteiger partial charge in [-0.2, -0.15) is 5.26 Å². The van der Waals surface area contributed by atoms with Gasteiger partial charge in [0.05, 0.1) is 18.4 Å². The van der Waals surface area contributed by atoms with Gasteiger partial charge in [0, 0.05) is 24.0 Å². The van der Waals surface area contributed by atoms with Gasteiger partial charge in [0.1, 0.15) is 6.07 Å². The molecule has 130 valence electrons. The number of nitrogen functional groups attached to an aromatic ring is 1. The fraction of sp³-hybridized carbons (Fsp3) is 0.278. The Morgan fingerprint density at radius 2 is 2.00 bits per heavy atom. The third-order valence-electron chi connectivity index (χ3n) is 3.73. The van der Waals surface area contributed by atoms with E-state index < -0.39 is 5.97 Å². The lowest BCUT2D eigenvalue weighted by molar-refractivity contribution is -0.116. The minimum Gasteiger partial charge on any atom is -0.464 e. The van der Waals surface area contributed by atoms with E-state index in [2.05, 4.69) is 5.32 Å². The second-order valence-corrected chi connectivity index (χ2v) is 5.48. The van der Waals surface area contributed by atoms with Crippen LogP contribution in [0.2, 0.25) is 0 Å². The molecule has 3 N–H and O–H groups in total. The summed E-state index contributed by atoms with van der Waals surface area (Å²) in [5.74, 6) is -0.669. The smallest absolute Gasteiger partial charge is 0.357 e. The molecule has 0 radical (unpaired) electrons. The summed E-state index contributed by atoms with van der Waals surface area (Å²) >= 11 is 0. The van der Waals surface area contributed by atoms with Gasteiger partial charge in [0.15, 0.2) is 5.69 Å². The summed E-state index contributed by atoms with van der Waals surface area (Å²) in [5, 5.41) is 11.9. The lowest BCUT2D eigenvalue weighted by atomic mass is 10.2. The van der Waals surface area contributed by atoms with Gasteiger partial charge in [-0.25, -0.2) is 4.79 Å². The number of carbonyl (C=O) groups is 2. The van der Waals surface area contributed by atoms with Crippen LogP contribution >= 0.6 is 0 Å². The summed E-state index contributed by atoms with van der Waals surface area (Å²) in [6.07, 6.45) is 3.76. The highest BCUT2D eigenvalue weighted by molar-refractivity contribution is 5.96. The number of esters is 1. The van der Waals surface area contributed by atoms with Crippen LogP contribution in [0.1, 0.15) is 42.2 Å². The van der Waals surface area contributed by atoms with Crippen molar-refractivity contribution < 1.29 is 14.3 Å². The van der Waals surface area contributed by atoms with Crippen molar-refractivity contribution in [3.8, 4) is 11.8 Å². The quantitative estimate of drug-likeness (QED) is 0.786. The maximum Gasteiger partial charge on any atom is 0.357 e. The Morgan fingerprint density at radius 3 is 2.56 bits per heavy atom. The van der Waals surface area contributed by atoms with E-state index in [9.17, 15) is 9.59 Å². The number of methoxy groups -OCH3 is 1. The number of nitrogens with zero attached hydrogens (tertiary/aromatic N) is 2. The predicted molar refractivity (Wildman–Crippen MR) is 94.4 cm³/mol. The molecule has 1 heterocycles. The number of amides is 1. The summed E-state index contributed by atoms with van der Waals surface area (Å²) in [4.78, 5) is 23.7. The van der Waals surface area contributed by atoms with Gasteiger partial charge in [-0.1, -0.05) is 13.3 Å². The number of nitrogens with one attached hydrogen (secondary N) is 1. The molecule has 0 bridgehead atoms. The third kappa shape index (κ3) is 3.98. The van der Waals surface area contributed by atoms with Crippen molar-refractivity contribution in [2.75, 3.05) is 18.2 Å². The Kier molecular flexibility index (Phi) is 5.79. The van der Waals surface area contributed by atoms with E-state index in [4.69, 9.17) is 15.7 Å². The van der Waals surface area contributed by atoms with E-state index in [0.29, 0.717) is 17.8 Å². The minimum absolute atomic E-state index is 0.0400. The van der Waals surface area contributed by atoms with Gasteiger partial charge in [-0.15, -0.1) is 0 Å². The Labute approximate surface area is 146 Å². The molecule has 1 aromatic heterocycles. The van der Waals surface area contributed by atoms with Gasteiger partial charge in [0.2, 0.25) is 5.91 Å². The van der Waals surface area contributed by atoms with Crippen molar-refractivity contribution >= 4 is 23.3 Å². The van der Waals surface area contributed by atoms with Crippen molar-refractivity contribution in [2.24, 2.45) is 0 Å². The van der Waals surface area contributed by atoms with Crippen LogP contribution in [0.15, 0.2) is 30.5 Å². The SMILES string of the molecule is CCCCC(=O)Nc1ccc(-n2cc(C#N)c(N)c2C(=O)OC)cc1. The minimum atomic E-state index is -0.629. The zero-order chi connectivity index (χ0) is 18.4. The lowest BCUT2D eigenvalue weighted by Gasteiger charge is -2.10. The van der Waals surface area contributed by atoms with Gasteiger partial charge in [-0.3, -0.25) is 4.79 Å². The maximum absolute atomic E-state index is 12.0. The van der Waals surface area contributed by atoms with Crippen LogP contribution in [0.25, 0.3) is 5.69 Å². The molecule has 7 nitrogen and oxygen atoms in total. The number of aromatic nitrogens is 1. The number of rotatable bonds is 6. The predicted octanol–water partition coefficient (Wildman–Crippen LogP) is 2.85. The standard InChI is InChI=1S/C18H20N4O3/c1-3-4-5-15(23)21-13-6-8-14(9-7-13)22-11-12(10-19)16(20)17(22)18(24)25-2/h6-9,11H,3-5,20H2,1-2H3,(H,21,23). The van der Waals surface area contributed by atoms with E-state index in [1.54, 1.807) is 24.3 Å². The van der Waals surface area contributed by atoms with E-state index >= 15 is 0 Å². The van der Waals surface area contributed by atoms with Gasteiger partial charge >= 0.3 is 5.97 Å². The average molecular weight is 340 g/mol. The first-order chi connectivity index (χ1) is 12.0. The molecule has 2 rings (SSSR count). The molecule has 0 aliphatic rings. The van der Waals surface area contributed by atoms with Gasteiger partial charge in [-0.05, 0) is 30.7 Å². The molecule has 0 fully saturated rings. The Balaban J connectivity index is 2.30. The zero-order valence-electron chi connectivity index (χ0n) is 14.2. The first-order valence-corrected chi connectivity index (χ1v) is 7.91. The van der Waals surface area contributed by atoms with Gasteiger partial charge < -0.3 is 20.4 Å². The highest BCUT2D eigenvalue weighted by Crippen LogP contribution is 2.25. The van der Waals surface area contributed by atoms with Crippen LogP contribution in [0, 0.1) is 11.3 Å². The number of hydrogen-bond acceptors (Lipinski definition) is 5. The fourth-order valence-electron chi connectivity index (χ4n) is 2.38. The highest BCUT2D eigenvalue weighted by atomic mass is 16.5. The molecule has 0 aliphatic carbocycles. The second-order valence-electron chi connectivity index (χ2n) is 5.48. The first kappa shape index (κ1) is 18.1. The average Bonchev–Trinajstić information content (AvgIpc) is 2.96. The summed E-state index contributed by atoms with van der Waals surface area (Å²) in [7, 11) is 1.25. The number of anilines is 2. The number of nitriles is 1. The van der Waals surface area contributed by atoms with Crippen LogP contribution in [0.5, 0.6) is 0 Å². The van der Waals surface area contributed by atoms with E-state index in [1.807, 2.05) is 13.0 Å². The maximum atomic E-state index is 12.0. The fourth-order valence-corrected chi connectivity index (χ4v) is 2.38. The van der Waals surface area contributed by atoms with Crippen LogP contribution in [-0.4, -0.2) is 23.6 Å². The third-order valence-corrected chi connectivity index (χ3v) is 3.73. The number of hydrogen-bond donors (Lipinski definition) is 2. The number of ether oxygens (including phenoxy) is 1. The van der Waals surface area contributed by atoms with Crippen molar-refractivity contribution in [3.63, 3.8) is 0 Å². The second kappa shape index (κ2) is 8.02. The van der Waals surface area contributed by atoms with Crippen molar-refractivity contribution in [1.82, 2.24) is 4.57 Å². The summed E-state index contributed by atoms with van der Waals surface area (Å²) < 4.78 is 6.25. The number of unbranched alkanes of at least 4 members (excludes halogenated alkanes) is 1. The molecule has 7 heteroatoms. The molecule has 25 heavy (non-hydrogen) atoms.